The standard InChI is InChI=1S/C17H18BFN2O4.C4H10/c19-14-8-6-12(7-9-14)15(10-16(22)20-11-18(24)25)21-17(23)13-4-2-1-3-5-13;1-4(2)3/h1-9,15,24-25H,10-11H2,(H,20,22)(H,21,23);4H,1-3H3. The molecule has 2 amide bonds. The van der Waals surface area contributed by atoms with Crippen LogP contribution in [0.25, 0.3) is 0 Å². The lowest BCUT2D eigenvalue weighted by molar-refractivity contribution is -0.121. The van der Waals surface area contributed by atoms with Crippen LogP contribution < -0.4 is 10.6 Å². The molecule has 0 radical (unpaired) electrons. The Morgan fingerprint density at radius 1 is 1.00 bits per heavy atom. The number of hydrogen-bond donors (Lipinski definition) is 4. The van der Waals surface area contributed by atoms with E-state index < -0.39 is 24.9 Å². The molecule has 2 aromatic carbocycles. The van der Waals surface area contributed by atoms with Crippen LogP contribution in [0.5, 0.6) is 0 Å². The minimum Gasteiger partial charge on any atom is -0.426 e. The number of carbonyl (C=O) groups is 2. The van der Waals surface area contributed by atoms with Crippen LogP contribution in [0.1, 0.15) is 49.2 Å². The minimum absolute atomic E-state index is 0.128. The van der Waals surface area contributed by atoms with E-state index >= 15 is 0 Å². The molecule has 0 heterocycles. The van der Waals surface area contributed by atoms with Gasteiger partial charge in [-0.15, -0.1) is 0 Å². The summed E-state index contributed by atoms with van der Waals surface area (Å²) in [5, 5.41) is 22.7. The summed E-state index contributed by atoms with van der Waals surface area (Å²) >= 11 is 0. The zero-order chi connectivity index (χ0) is 21.8. The second-order valence-corrected chi connectivity index (χ2v) is 7.16. The average Bonchev–Trinajstić information content (AvgIpc) is 2.66. The van der Waals surface area contributed by atoms with E-state index in [1.807, 2.05) is 0 Å². The van der Waals surface area contributed by atoms with Crippen LogP contribution in [0.15, 0.2) is 54.6 Å². The number of nitrogens with one attached hydrogen (secondary N) is 2. The van der Waals surface area contributed by atoms with Crippen LogP contribution in [0, 0.1) is 11.7 Å². The molecular formula is C21H28BFN2O4. The van der Waals surface area contributed by atoms with Crippen molar-refractivity contribution >= 4 is 18.9 Å². The molecule has 2 rings (SSSR count). The zero-order valence-electron chi connectivity index (χ0n) is 16.9. The van der Waals surface area contributed by atoms with Gasteiger partial charge in [-0.2, -0.15) is 0 Å². The van der Waals surface area contributed by atoms with Gasteiger partial charge in [0.2, 0.25) is 5.91 Å². The largest absolute Gasteiger partial charge is 0.472 e. The highest BCUT2D eigenvalue weighted by atomic mass is 19.1. The zero-order valence-corrected chi connectivity index (χ0v) is 16.9. The Balaban J connectivity index is 0.000000960. The van der Waals surface area contributed by atoms with Crippen LogP contribution in [-0.2, 0) is 4.79 Å². The molecule has 0 saturated carbocycles. The van der Waals surface area contributed by atoms with Crippen LogP contribution in [-0.4, -0.2) is 35.4 Å². The third kappa shape index (κ3) is 10.4. The third-order valence-corrected chi connectivity index (χ3v) is 3.49. The molecular weight excluding hydrogens is 374 g/mol. The molecule has 29 heavy (non-hydrogen) atoms. The molecule has 156 valence electrons. The number of carbonyl (C=O) groups excluding carboxylic acids is 2. The van der Waals surface area contributed by atoms with E-state index in [4.69, 9.17) is 10.0 Å². The van der Waals surface area contributed by atoms with E-state index in [0.29, 0.717) is 11.1 Å². The Hall–Kier alpha value is -2.71. The Kier molecular flexibility index (Phi) is 10.7. The summed E-state index contributed by atoms with van der Waals surface area (Å²) in [6.07, 6.45) is -0.446. The van der Waals surface area contributed by atoms with Gasteiger partial charge in [0.25, 0.3) is 5.91 Å². The molecule has 0 bridgehead atoms. The summed E-state index contributed by atoms with van der Waals surface area (Å²) in [6.45, 7) is 6.50. The maximum absolute atomic E-state index is 13.1. The van der Waals surface area contributed by atoms with Crippen molar-refractivity contribution in [1.82, 2.24) is 10.6 Å². The molecule has 4 N–H and O–H groups in total. The molecule has 0 fully saturated rings. The summed E-state index contributed by atoms with van der Waals surface area (Å²) in [7, 11) is -1.66. The Bertz CT molecular complexity index is 752. The van der Waals surface area contributed by atoms with E-state index in [2.05, 4.69) is 31.4 Å². The lowest BCUT2D eigenvalue weighted by Crippen LogP contribution is -2.38. The van der Waals surface area contributed by atoms with Gasteiger partial charge >= 0.3 is 7.12 Å². The van der Waals surface area contributed by atoms with Crippen molar-refractivity contribution in [3.8, 4) is 0 Å². The SMILES string of the molecule is CC(C)C.O=C(CC(NC(=O)c1ccccc1)c1ccc(F)cc1)NCB(O)O. The highest BCUT2D eigenvalue weighted by Crippen LogP contribution is 2.18. The molecule has 0 aliphatic carbocycles. The van der Waals surface area contributed by atoms with Crippen molar-refractivity contribution < 1.29 is 24.0 Å². The molecule has 0 aromatic heterocycles. The average molecular weight is 402 g/mol. The number of hydrogen-bond acceptors (Lipinski definition) is 4. The van der Waals surface area contributed by atoms with Gasteiger partial charge in [0, 0.05) is 5.56 Å². The fraction of sp³-hybridized carbons (Fsp3) is 0.333. The Labute approximate surface area is 171 Å². The molecule has 0 saturated heterocycles. The fourth-order valence-electron chi connectivity index (χ4n) is 2.24. The van der Waals surface area contributed by atoms with E-state index in [9.17, 15) is 14.0 Å². The van der Waals surface area contributed by atoms with Crippen molar-refractivity contribution in [1.29, 1.82) is 0 Å². The first-order valence-corrected chi connectivity index (χ1v) is 9.43. The van der Waals surface area contributed by atoms with E-state index in [0.717, 1.165) is 5.92 Å². The van der Waals surface area contributed by atoms with Crippen molar-refractivity contribution in [2.45, 2.75) is 33.2 Å². The number of rotatable bonds is 7. The fourth-order valence-corrected chi connectivity index (χ4v) is 2.24. The van der Waals surface area contributed by atoms with Crippen molar-refractivity contribution in [2.75, 3.05) is 6.44 Å². The maximum atomic E-state index is 13.1. The lowest BCUT2D eigenvalue weighted by Gasteiger charge is -2.19. The van der Waals surface area contributed by atoms with Gasteiger partial charge in [0.05, 0.1) is 18.9 Å². The van der Waals surface area contributed by atoms with Gasteiger partial charge in [-0.25, -0.2) is 4.39 Å². The van der Waals surface area contributed by atoms with Gasteiger partial charge in [-0.1, -0.05) is 51.1 Å². The molecule has 2 aromatic rings. The second kappa shape index (κ2) is 12.7. The van der Waals surface area contributed by atoms with Gasteiger partial charge in [-0.05, 0) is 35.7 Å². The summed E-state index contributed by atoms with van der Waals surface area (Å²) in [5.74, 6) is -0.439. The Morgan fingerprint density at radius 3 is 2.07 bits per heavy atom. The van der Waals surface area contributed by atoms with E-state index in [-0.39, 0.29) is 18.8 Å². The number of amides is 2. The molecule has 8 heteroatoms. The van der Waals surface area contributed by atoms with Crippen molar-refractivity contribution in [2.24, 2.45) is 5.92 Å². The predicted octanol–water partition coefficient (Wildman–Crippen LogP) is 2.48. The topological polar surface area (TPSA) is 98.7 Å². The van der Waals surface area contributed by atoms with E-state index in [1.165, 1.54) is 24.3 Å². The van der Waals surface area contributed by atoms with Crippen LogP contribution in [0.2, 0.25) is 0 Å². The first kappa shape index (κ1) is 24.3. The highest BCUT2D eigenvalue weighted by Gasteiger charge is 2.20. The summed E-state index contributed by atoms with van der Waals surface area (Å²) < 4.78 is 13.1. The molecule has 6 nitrogen and oxygen atoms in total. The smallest absolute Gasteiger partial charge is 0.426 e. The molecule has 0 aliphatic rings. The van der Waals surface area contributed by atoms with Gasteiger partial charge in [0.15, 0.2) is 0 Å². The van der Waals surface area contributed by atoms with Crippen LogP contribution >= 0.6 is 0 Å². The molecule has 1 unspecified atom stereocenters. The number of benzene rings is 2. The summed E-state index contributed by atoms with van der Waals surface area (Å²) in [4.78, 5) is 24.3. The van der Waals surface area contributed by atoms with Crippen molar-refractivity contribution in [3.63, 3.8) is 0 Å². The number of halogens is 1. The first-order valence-electron chi connectivity index (χ1n) is 9.43. The van der Waals surface area contributed by atoms with Crippen LogP contribution in [0.3, 0.4) is 0 Å². The summed E-state index contributed by atoms with van der Waals surface area (Å²) in [5.41, 5.74) is 0.992. The molecule has 1 atom stereocenters. The van der Waals surface area contributed by atoms with Gasteiger partial charge < -0.3 is 20.7 Å². The second-order valence-electron chi connectivity index (χ2n) is 7.16. The third-order valence-electron chi connectivity index (χ3n) is 3.49. The quantitative estimate of drug-likeness (QED) is 0.535. The normalized spacial score (nSPS) is 11.1. The van der Waals surface area contributed by atoms with Gasteiger partial charge in [0.1, 0.15) is 5.82 Å². The Morgan fingerprint density at radius 2 is 1.55 bits per heavy atom. The van der Waals surface area contributed by atoms with E-state index in [1.54, 1.807) is 30.3 Å². The highest BCUT2D eigenvalue weighted by molar-refractivity contribution is 6.41. The van der Waals surface area contributed by atoms with Gasteiger partial charge in [-0.3, -0.25) is 9.59 Å². The lowest BCUT2D eigenvalue weighted by atomic mass is 9.92. The first-order chi connectivity index (χ1) is 13.7. The summed E-state index contributed by atoms with van der Waals surface area (Å²) in [6, 6.07) is 13.3. The maximum Gasteiger partial charge on any atom is 0.472 e. The minimum atomic E-state index is -1.66. The molecule has 0 aliphatic heterocycles. The molecule has 0 spiro atoms. The predicted molar refractivity (Wildman–Crippen MR) is 111 cm³/mol. The van der Waals surface area contributed by atoms with Crippen molar-refractivity contribution in [3.05, 3.63) is 71.5 Å². The van der Waals surface area contributed by atoms with Crippen LogP contribution in [0.4, 0.5) is 4.39 Å². The monoisotopic (exact) mass is 402 g/mol.